The lowest BCUT2D eigenvalue weighted by molar-refractivity contribution is -0.130. The molecule has 1 fully saturated rings. The Labute approximate surface area is 208 Å². The van der Waals surface area contributed by atoms with Crippen LogP contribution in [0.5, 0.6) is 0 Å². The van der Waals surface area contributed by atoms with Gasteiger partial charge in [0.25, 0.3) is 0 Å². The average molecular weight is 501 g/mol. The maximum Gasteiger partial charge on any atom is 0.417 e. The summed E-state index contributed by atoms with van der Waals surface area (Å²) < 4.78 is 12.1. The van der Waals surface area contributed by atoms with Gasteiger partial charge in [-0.1, -0.05) is 68.8 Å². The van der Waals surface area contributed by atoms with Crippen molar-refractivity contribution in [2.75, 3.05) is 0 Å². The van der Waals surface area contributed by atoms with Gasteiger partial charge in [-0.05, 0) is 48.8 Å². The van der Waals surface area contributed by atoms with E-state index in [-0.39, 0.29) is 17.4 Å². The highest BCUT2D eigenvalue weighted by molar-refractivity contribution is 6.74. The zero-order chi connectivity index (χ0) is 25.1. The summed E-state index contributed by atoms with van der Waals surface area (Å²) in [6.45, 7) is 12.4. The molecule has 182 valence electrons. The van der Waals surface area contributed by atoms with Crippen LogP contribution < -0.4 is 0 Å². The number of nitrogens with zero attached hydrogens (tertiary/aromatic N) is 2. The van der Waals surface area contributed by atoms with Crippen molar-refractivity contribution in [1.29, 1.82) is 0 Å². The van der Waals surface area contributed by atoms with Crippen LogP contribution in [0.1, 0.15) is 51.5 Å². The molecule has 8 heteroatoms. The fourth-order valence-electron chi connectivity index (χ4n) is 3.56. The number of carbonyl (C=O) groups excluding carboxylic acids is 2. The quantitative estimate of drug-likeness (QED) is 0.403. The van der Waals surface area contributed by atoms with Crippen LogP contribution in [0.2, 0.25) is 18.1 Å². The van der Waals surface area contributed by atoms with E-state index in [4.69, 9.17) is 20.8 Å². The number of carbonyl (C=O) groups is 2. The summed E-state index contributed by atoms with van der Waals surface area (Å²) in [4.78, 5) is 31.6. The standard InChI is InChI=1S/C26H33ClN2O4Si/c1-18-24(19-12-8-7-9-13-19)32-25(31)29(18)23(30)17-22(33-34(5,6)26(2,3)4)21(27)16-20-14-10-11-15-28-20/h7-16,18,22,24H,17H2,1-6H3/b21-16+/t18-,22-,24-/m0/s1. The number of hydrogen-bond acceptors (Lipinski definition) is 5. The van der Waals surface area contributed by atoms with Crippen LogP contribution in [0.15, 0.2) is 59.8 Å². The molecule has 0 N–H and O–H groups in total. The molecule has 0 spiro atoms. The second kappa shape index (κ2) is 10.4. The van der Waals surface area contributed by atoms with E-state index in [0.29, 0.717) is 10.7 Å². The molecule has 1 aliphatic rings. The molecule has 0 bridgehead atoms. The highest BCUT2D eigenvalue weighted by atomic mass is 35.5. The Morgan fingerprint density at radius 3 is 2.44 bits per heavy atom. The molecule has 1 saturated heterocycles. The third-order valence-electron chi connectivity index (χ3n) is 6.55. The summed E-state index contributed by atoms with van der Waals surface area (Å²) in [5.74, 6) is -0.382. The maximum atomic E-state index is 13.4. The summed E-state index contributed by atoms with van der Waals surface area (Å²) in [7, 11) is -2.29. The van der Waals surface area contributed by atoms with Crippen molar-refractivity contribution in [3.63, 3.8) is 0 Å². The lowest BCUT2D eigenvalue weighted by Crippen LogP contribution is -2.46. The molecule has 6 nitrogen and oxygen atoms in total. The van der Waals surface area contributed by atoms with Crippen molar-refractivity contribution < 1.29 is 18.8 Å². The number of amides is 2. The van der Waals surface area contributed by atoms with Gasteiger partial charge >= 0.3 is 6.09 Å². The first-order chi connectivity index (χ1) is 15.9. The van der Waals surface area contributed by atoms with E-state index in [1.165, 1.54) is 4.90 Å². The van der Waals surface area contributed by atoms with E-state index in [0.717, 1.165) is 5.56 Å². The number of pyridine rings is 1. The van der Waals surface area contributed by atoms with Gasteiger partial charge in [-0.3, -0.25) is 9.78 Å². The first-order valence-electron chi connectivity index (χ1n) is 11.4. The van der Waals surface area contributed by atoms with Crippen molar-refractivity contribution in [2.45, 2.75) is 70.5 Å². The molecule has 3 rings (SSSR count). The number of aromatic nitrogens is 1. The van der Waals surface area contributed by atoms with Gasteiger partial charge < -0.3 is 9.16 Å². The van der Waals surface area contributed by atoms with Crippen LogP contribution in [0.4, 0.5) is 4.79 Å². The second-order valence-electron chi connectivity index (χ2n) is 10.1. The van der Waals surface area contributed by atoms with Crippen LogP contribution in [0.25, 0.3) is 6.08 Å². The molecule has 2 amide bonds. The van der Waals surface area contributed by atoms with Crippen LogP contribution >= 0.6 is 11.6 Å². The van der Waals surface area contributed by atoms with Gasteiger partial charge in [0.2, 0.25) is 5.91 Å². The SMILES string of the molecule is C[C@H]1[C@@H](c2ccccc2)OC(=O)N1C(=O)C[C@H](O[Si](C)(C)C(C)(C)C)/C(Cl)=C\c1ccccn1. The Kier molecular flexibility index (Phi) is 8.01. The normalized spacial score (nSPS) is 20.3. The number of rotatable bonds is 7. The molecule has 3 atom stereocenters. The Balaban J connectivity index is 1.86. The van der Waals surface area contributed by atoms with Gasteiger partial charge in [0, 0.05) is 11.2 Å². The lowest BCUT2D eigenvalue weighted by Gasteiger charge is -2.39. The third kappa shape index (κ3) is 5.95. The number of hydrogen-bond donors (Lipinski definition) is 0. The second-order valence-corrected chi connectivity index (χ2v) is 15.3. The highest BCUT2D eigenvalue weighted by Gasteiger charge is 2.45. The van der Waals surface area contributed by atoms with Crippen molar-refractivity contribution >= 4 is 38.0 Å². The Morgan fingerprint density at radius 2 is 1.85 bits per heavy atom. The number of halogens is 1. The summed E-state index contributed by atoms with van der Waals surface area (Å²) in [5, 5.41) is 0.283. The van der Waals surface area contributed by atoms with E-state index in [1.54, 1.807) is 12.3 Å². The molecule has 1 aromatic heterocycles. The smallest absolute Gasteiger partial charge is 0.417 e. The summed E-state index contributed by atoms with van der Waals surface area (Å²) in [6, 6.07) is 14.5. The fraction of sp³-hybridized carbons (Fsp3) is 0.423. The van der Waals surface area contributed by atoms with E-state index in [2.05, 4.69) is 38.8 Å². The number of benzene rings is 1. The minimum absolute atomic E-state index is 0.0738. The molecule has 0 unspecified atom stereocenters. The molecule has 0 saturated carbocycles. The molecule has 1 aliphatic heterocycles. The fourth-order valence-corrected chi connectivity index (χ4v) is 5.15. The number of imide groups is 1. The molecule has 1 aromatic carbocycles. The van der Waals surface area contributed by atoms with E-state index < -0.39 is 32.7 Å². The van der Waals surface area contributed by atoms with Gasteiger partial charge in [0.1, 0.15) is 6.10 Å². The predicted octanol–water partition coefficient (Wildman–Crippen LogP) is 6.55. The number of ether oxygens (including phenoxy) is 1. The molecule has 0 radical (unpaired) electrons. The van der Waals surface area contributed by atoms with Gasteiger partial charge in [-0.2, -0.15) is 0 Å². The van der Waals surface area contributed by atoms with Gasteiger partial charge in [0.05, 0.1) is 24.3 Å². The monoisotopic (exact) mass is 500 g/mol. The average Bonchev–Trinajstić information content (AvgIpc) is 3.07. The van der Waals surface area contributed by atoms with Crippen LogP contribution in [-0.4, -0.2) is 42.3 Å². The molecule has 2 heterocycles. The lowest BCUT2D eigenvalue weighted by atomic mass is 10.0. The minimum atomic E-state index is -2.29. The van der Waals surface area contributed by atoms with Crippen molar-refractivity contribution in [3.05, 3.63) is 71.0 Å². The summed E-state index contributed by atoms with van der Waals surface area (Å²) in [5.41, 5.74) is 1.52. The Bertz CT molecular complexity index is 1040. The minimum Gasteiger partial charge on any atom is -0.439 e. The van der Waals surface area contributed by atoms with Crippen LogP contribution in [0, 0.1) is 0 Å². The molecule has 2 aromatic rings. The van der Waals surface area contributed by atoms with Crippen LogP contribution in [0.3, 0.4) is 0 Å². The van der Waals surface area contributed by atoms with Gasteiger partial charge in [-0.25, -0.2) is 9.69 Å². The van der Waals surface area contributed by atoms with E-state index >= 15 is 0 Å². The number of cyclic esters (lactones) is 1. The van der Waals surface area contributed by atoms with Crippen LogP contribution in [-0.2, 0) is 14.0 Å². The van der Waals surface area contributed by atoms with Crippen molar-refractivity contribution in [2.24, 2.45) is 0 Å². The van der Waals surface area contributed by atoms with E-state index in [1.807, 2.05) is 55.5 Å². The maximum absolute atomic E-state index is 13.4. The van der Waals surface area contributed by atoms with Crippen molar-refractivity contribution in [1.82, 2.24) is 9.88 Å². The molecular weight excluding hydrogens is 468 g/mol. The van der Waals surface area contributed by atoms with Crippen molar-refractivity contribution in [3.8, 4) is 0 Å². The predicted molar refractivity (Wildman–Crippen MR) is 137 cm³/mol. The molecular formula is C26H33ClN2O4Si. The molecule has 0 aliphatic carbocycles. The zero-order valence-corrected chi connectivity index (χ0v) is 22.4. The summed E-state index contributed by atoms with van der Waals surface area (Å²) >= 11 is 6.72. The van der Waals surface area contributed by atoms with Gasteiger partial charge in [0.15, 0.2) is 8.32 Å². The summed E-state index contributed by atoms with van der Waals surface area (Å²) in [6.07, 6.45) is 1.45. The third-order valence-corrected chi connectivity index (χ3v) is 11.4. The molecule has 34 heavy (non-hydrogen) atoms. The van der Waals surface area contributed by atoms with E-state index in [9.17, 15) is 9.59 Å². The van der Waals surface area contributed by atoms with Gasteiger partial charge in [-0.15, -0.1) is 0 Å². The topological polar surface area (TPSA) is 68.7 Å². The zero-order valence-electron chi connectivity index (χ0n) is 20.6. The first-order valence-corrected chi connectivity index (χ1v) is 14.7. The largest absolute Gasteiger partial charge is 0.439 e. The first kappa shape index (κ1) is 26.1. The Morgan fingerprint density at radius 1 is 1.21 bits per heavy atom. The Hall–Kier alpha value is -2.48. The highest BCUT2D eigenvalue weighted by Crippen LogP contribution is 2.40.